The van der Waals surface area contributed by atoms with E-state index in [9.17, 15) is 4.39 Å². The molecule has 152 valence electrons. The van der Waals surface area contributed by atoms with Gasteiger partial charge in [0, 0.05) is 45.1 Å². The number of ether oxygens (including phenoxy) is 1. The number of imidazole rings is 1. The van der Waals surface area contributed by atoms with E-state index in [1.54, 1.807) is 18.3 Å². The molecule has 0 saturated carbocycles. The summed E-state index contributed by atoms with van der Waals surface area (Å²) in [6.45, 7) is 4.01. The Balaban J connectivity index is 1.61. The number of halogens is 1. The van der Waals surface area contributed by atoms with Gasteiger partial charge >= 0.3 is 0 Å². The first kappa shape index (κ1) is 19.8. The predicted molar refractivity (Wildman–Crippen MR) is 111 cm³/mol. The van der Waals surface area contributed by atoms with Gasteiger partial charge in [0.25, 0.3) is 0 Å². The van der Waals surface area contributed by atoms with Crippen molar-refractivity contribution < 1.29 is 9.13 Å². The summed E-state index contributed by atoms with van der Waals surface area (Å²) >= 11 is 0. The molecule has 3 aromatic rings. The van der Waals surface area contributed by atoms with E-state index < -0.39 is 0 Å². The van der Waals surface area contributed by atoms with Gasteiger partial charge in [0.1, 0.15) is 11.6 Å². The van der Waals surface area contributed by atoms with E-state index in [4.69, 9.17) is 4.74 Å². The minimum absolute atomic E-state index is 0.196. The molecule has 6 heteroatoms. The molecule has 1 saturated heterocycles. The van der Waals surface area contributed by atoms with Gasteiger partial charge in [-0.3, -0.25) is 4.90 Å². The first-order chi connectivity index (χ1) is 14.2. The number of benzene rings is 2. The zero-order valence-corrected chi connectivity index (χ0v) is 16.7. The van der Waals surface area contributed by atoms with Crippen molar-refractivity contribution in [2.45, 2.75) is 12.1 Å². The maximum Gasteiger partial charge on any atom is 0.130 e. The summed E-state index contributed by atoms with van der Waals surface area (Å²) in [6.07, 6.45) is 3.69. The lowest BCUT2D eigenvalue weighted by Gasteiger charge is -2.36. The van der Waals surface area contributed by atoms with E-state index in [1.165, 1.54) is 11.6 Å². The third kappa shape index (κ3) is 4.72. The van der Waals surface area contributed by atoms with Crippen molar-refractivity contribution in [3.8, 4) is 0 Å². The molecule has 0 aliphatic carbocycles. The van der Waals surface area contributed by atoms with Gasteiger partial charge in [0.15, 0.2) is 0 Å². The second-order valence-corrected chi connectivity index (χ2v) is 7.37. The fourth-order valence-electron chi connectivity index (χ4n) is 3.95. The van der Waals surface area contributed by atoms with Crippen molar-refractivity contribution in [3.05, 3.63) is 89.8 Å². The van der Waals surface area contributed by atoms with E-state index in [2.05, 4.69) is 39.5 Å². The van der Waals surface area contributed by atoms with Crippen molar-refractivity contribution >= 4 is 0 Å². The van der Waals surface area contributed by atoms with Crippen molar-refractivity contribution in [2.75, 3.05) is 32.8 Å². The minimum atomic E-state index is -0.240. The highest BCUT2D eigenvalue weighted by atomic mass is 19.1. The molecule has 2 heterocycles. The van der Waals surface area contributed by atoms with Crippen LogP contribution in [0.4, 0.5) is 4.39 Å². The zero-order chi connectivity index (χ0) is 20.1. The summed E-state index contributed by atoms with van der Waals surface area (Å²) in [5, 5.41) is 3.67. The van der Waals surface area contributed by atoms with Crippen molar-refractivity contribution in [1.29, 1.82) is 0 Å². The van der Waals surface area contributed by atoms with E-state index >= 15 is 0 Å². The molecule has 29 heavy (non-hydrogen) atoms. The first-order valence-corrected chi connectivity index (χ1v) is 10.0. The molecule has 2 unspecified atom stereocenters. The van der Waals surface area contributed by atoms with Crippen LogP contribution in [0.3, 0.4) is 0 Å². The second-order valence-electron chi connectivity index (χ2n) is 7.37. The Morgan fingerprint density at radius 2 is 1.83 bits per heavy atom. The Hall–Kier alpha value is -2.54. The first-order valence-electron chi connectivity index (χ1n) is 10.0. The molecule has 1 aromatic heterocycles. The molecular weight excluding hydrogens is 367 g/mol. The van der Waals surface area contributed by atoms with Crippen LogP contribution < -0.4 is 5.32 Å². The Morgan fingerprint density at radius 1 is 1.07 bits per heavy atom. The fourth-order valence-corrected chi connectivity index (χ4v) is 3.95. The Morgan fingerprint density at radius 3 is 2.52 bits per heavy atom. The summed E-state index contributed by atoms with van der Waals surface area (Å²) in [4.78, 5) is 6.98. The van der Waals surface area contributed by atoms with E-state index in [1.807, 2.05) is 29.9 Å². The lowest BCUT2D eigenvalue weighted by atomic mass is 10.0. The van der Waals surface area contributed by atoms with Crippen LogP contribution in [0, 0.1) is 5.82 Å². The number of aryl methyl sites for hydroxylation is 1. The summed E-state index contributed by atoms with van der Waals surface area (Å²) in [6, 6.07) is 17.3. The Labute approximate surface area is 171 Å². The van der Waals surface area contributed by atoms with Gasteiger partial charge in [0.05, 0.1) is 19.3 Å². The standard InChI is InChI=1S/C23H27FN4O/c1-27-11-10-25-23(27)22(19-8-5-9-20(24)16-19)26-17-21(18-6-3-2-4-7-18)28-12-14-29-15-13-28/h2-11,16,21-22,26H,12-15,17H2,1H3. The van der Waals surface area contributed by atoms with Gasteiger partial charge in [-0.2, -0.15) is 0 Å². The normalized spacial score (nSPS) is 17.2. The molecule has 4 rings (SSSR count). The van der Waals surface area contributed by atoms with Crippen molar-refractivity contribution in [2.24, 2.45) is 7.05 Å². The van der Waals surface area contributed by atoms with E-state index in [-0.39, 0.29) is 17.9 Å². The summed E-state index contributed by atoms with van der Waals surface area (Å²) in [5.41, 5.74) is 2.13. The molecule has 2 atom stereocenters. The van der Waals surface area contributed by atoms with Crippen LogP contribution in [-0.2, 0) is 11.8 Å². The van der Waals surface area contributed by atoms with Crippen LogP contribution in [0.5, 0.6) is 0 Å². The number of hydrogen-bond donors (Lipinski definition) is 1. The maximum absolute atomic E-state index is 13.9. The van der Waals surface area contributed by atoms with Crippen molar-refractivity contribution in [1.82, 2.24) is 19.8 Å². The number of morpholine rings is 1. The molecule has 0 radical (unpaired) electrons. The molecule has 0 bridgehead atoms. The molecule has 1 N–H and O–H groups in total. The average molecular weight is 394 g/mol. The number of nitrogens with one attached hydrogen (secondary N) is 1. The molecule has 0 amide bonds. The predicted octanol–water partition coefficient (Wildman–Crippen LogP) is 3.31. The van der Waals surface area contributed by atoms with Gasteiger partial charge in [-0.05, 0) is 23.3 Å². The number of aromatic nitrogens is 2. The molecule has 5 nitrogen and oxygen atoms in total. The zero-order valence-electron chi connectivity index (χ0n) is 16.7. The van der Waals surface area contributed by atoms with Crippen LogP contribution in [0.25, 0.3) is 0 Å². The highest BCUT2D eigenvalue weighted by molar-refractivity contribution is 5.27. The third-order valence-electron chi connectivity index (χ3n) is 5.48. The number of nitrogens with zero attached hydrogens (tertiary/aromatic N) is 3. The summed E-state index contributed by atoms with van der Waals surface area (Å²) in [5.74, 6) is 0.626. The highest BCUT2D eigenvalue weighted by Gasteiger charge is 2.25. The monoisotopic (exact) mass is 394 g/mol. The Bertz CT molecular complexity index is 908. The molecule has 0 spiro atoms. The van der Waals surface area contributed by atoms with Gasteiger partial charge < -0.3 is 14.6 Å². The van der Waals surface area contributed by atoms with Gasteiger partial charge in [-0.25, -0.2) is 9.37 Å². The van der Waals surface area contributed by atoms with Gasteiger partial charge in [-0.1, -0.05) is 42.5 Å². The lowest BCUT2D eigenvalue weighted by molar-refractivity contribution is 0.0157. The van der Waals surface area contributed by atoms with Crippen LogP contribution >= 0.6 is 0 Å². The molecule has 1 aliphatic rings. The second kappa shape index (κ2) is 9.31. The minimum Gasteiger partial charge on any atom is -0.379 e. The lowest BCUT2D eigenvalue weighted by Crippen LogP contribution is -2.43. The third-order valence-corrected chi connectivity index (χ3v) is 5.48. The SMILES string of the molecule is Cn1ccnc1C(NCC(c1ccccc1)N1CCOCC1)c1cccc(F)c1. The van der Waals surface area contributed by atoms with Gasteiger partial charge in [0.2, 0.25) is 0 Å². The van der Waals surface area contributed by atoms with E-state index in [0.29, 0.717) is 0 Å². The van der Waals surface area contributed by atoms with Crippen LogP contribution in [0.15, 0.2) is 67.0 Å². The quantitative estimate of drug-likeness (QED) is 0.668. The van der Waals surface area contributed by atoms with Crippen molar-refractivity contribution in [3.63, 3.8) is 0 Å². The molecule has 2 aromatic carbocycles. The van der Waals surface area contributed by atoms with Gasteiger partial charge in [-0.15, -0.1) is 0 Å². The smallest absolute Gasteiger partial charge is 0.130 e. The number of hydrogen-bond acceptors (Lipinski definition) is 4. The number of rotatable bonds is 7. The van der Waals surface area contributed by atoms with E-state index in [0.717, 1.165) is 44.2 Å². The average Bonchev–Trinajstić information content (AvgIpc) is 3.18. The maximum atomic E-state index is 13.9. The largest absolute Gasteiger partial charge is 0.379 e. The molecule has 1 aliphatic heterocycles. The van der Waals surface area contributed by atoms with Crippen LogP contribution in [0.1, 0.15) is 29.0 Å². The molecular formula is C23H27FN4O. The topological polar surface area (TPSA) is 42.3 Å². The molecule has 1 fully saturated rings. The fraction of sp³-hybridized carbons (Fsp3) is 0.348. The Kier molecular flexibility index (Phi) is 6.34. The summed E-state index contributed by atoms with van der Waals surface area (Å²) < 4.78 is 21.5. The highest BCUT2D eigenvalue weighted by Crippen LogP contribution is 2.25. The van der Waals surface area contributed by atoms with Crippen LogP contribution in [-0.4, -0.2) is 47.3 Å². The summed E-state index contributed by atoms with van der Waals surface area (Å²) in [7, 11) is 1.97. The van der Waals surface area contributed by atoms with Crippen LogP contribution in [0.2, 0.25) is 0 Å².